The van der Waals surface area contributed by atoms with Crippen molar-refractivity contribution in [3.8, 4) is 17.0 Å². The molecule has 212 valence electrons. The standard InChI is InChI=1S/C30H32F2N2O5S/c1-18(29(36)37)13-23-24(31)14-21(15-25(23)32)28(35)34-30-33-26(17-40-30)22-11-5-9-20(27(22)38-2)10-6-12-39-16-19-7-3-4-8-19/h5,9,11,13-15,17,19H,3-4,6-8,10,12,16H2,1-2H3,(H,36,37)(H,33,34,35). The number of carbonyl (C=O) groups is 2. The normalized spacial score (nSPS) is 13.9. The molecule has 0 spiro atoms. The Bertz CT molecular complexity index is 1380. The number of aliphatic carboxylic acids is 1. The van der Waals surface area contributed by atoms with Crippen LogP contribution in [0.15, 0.2) is 41.3 Å². The summed E-state index contributed by atoms with van der Waals surface area (Å²) >= 11 is 1.17. The number of amides is 1. The van der Waals surface area contributed by atoms with Gasteiger partial charge in [-0.3, -0.25) is 10.1 Å². The number of rotatable bonds is 12. The first-order valence-corrected chi connectivity index (χ1v) is 14.1. The molecule has 2 aromatic carbocycles. The Morgan fingerprint density at radius 3 is 2.60 bits per heavy atom. The van der Waals surface area contributed by atoms with Crippen LogP contribution in [-0.2, 0) is 16.0 Å². The molecule has 40 heavy (non-hydrogen) atoms. The first-order valence-electron chi connectivity index (χ1n) is 13.2. The van der Waals surface area contributed by atoms with Gasteiger partial charge in [-0.25, -0.2) is 18.6 Å². The second-order valence-electron chi connectivity index (χ2n) is 9.80. The number of anilines is 1. The number of methoxy groups -OCH3 is 1. The van der Waals surface area contributed by atoms with Gasteiger partial charge in [0, 0.05) is 40.9 Å². The number of ether oxygens (including phenoxy) is 2. The first-order chi connectivity index (χ1) is 19.3. The smallest absolute Gasteiger partial charge is 0.331 e. The summed E-state index contributed by atoms with van der Waals surface area (Å²) in [6.07, 6.45) is 7.66. The second kappa shape index (κ2) is 13.6. The van der Waals surface area contributed by atoms with Gasteiger partial charge in [0.25, 0.3) is 5.91 Å². The van der Waals surface area contributed by atoms with E-state index in [0.717, 1.165) is 48.8 Å². The molecule has 0 atom stereocenters. The quantitative estimate of drug-likeness (QED) is 0.180. The number of benzene rings is 2. The third-order valence-electron chi connectivity index (χ3n) is 6.90. The number of thiazole rings is 1. The molecule has 2 N–H and O–H groups in total. The van der Waals surface area contributed by atoms with E-state index in [4.69, 9.17) is 14.6 Å². The van der Waals surface area contributed by atoms with E-state index < -0.39 is 29.1 Å². The number of carbonyl (C=O) groups excluding carboxylic acids is 1. The number of nitrogens with one attached hydrogen (secondary N) is 1. The zero-order valence-electron chi connectivity index (χ0n) is 22.5. The highest BCUT2D eigenvalue weighted by Gasteiger charge is 2.19. The van der Waals surface area contributed by atoms with Crippen LogP contribution >= 0.6 is 11.3 Å². The van der Waals surface area contributed by atoms with Crippen molar-refractivity contribution in [1.82, 2.24) is 4.98 Å². The number of carboxylic acids is 1. The highest BCUT2D eigenvalue weighted by molar-refractivity contribution is 7.14. The summed E-state index contributed by atoms with van der Waals surface area (Å²) in [5.41, 5.74) is 1.37. The van der Waals surface area contributed by atoms with Crippen LogP contribution in [0.1, 0.15) is 60.5 Å². The minimum absolute atomic E-state index is 0.238. The van der Waals surface area contributed by atoms with E-state index in [-0.39, 0.29) is 16.3 Å². The largest absolute Gasteiger partial charge is 0.496 e. The maximum atomic E-state index is 14.5. The number of aryl methyl sites for hydroxylation is 1. The fraction of sp³-hybridized carbons (Fsp3) is 0.367. The molecule has 0 radical (unpaired) electrons. The van der Waals surface area contributed by atoms with Gasteiger partial charge in [-0.1, -0.05) is 25.0 Å². The fourth-order valence-electron chi connectivity index (χ4n) is 4.77. The lowest BCUT2D eigenvalue weighted by Gasteiger charge is -2.13. The van der Waals surface area contributed by atoms with Crippen LogP contribution in [0.2, 0.25) is 0 Å². The molecule has 0 unspecified atom stereocenters. The molecule has 1 aromatic heterocycles. The summed E-state index contributed by atoms with van der Waals surface area (Å²) in [6, 6.07) is 7.54. The minimum atomic E-state index is -1.30. The van der Waals surface area contributed by atoms with Crippen molar-refractivity contribution in [3.63, 3.8) is 0 Å². The van der Waals surface area contributed by atoms with E-state index in [0.29, 0.717) is 24.0 Å². The van der Waals surface area contributed by atoms with Crippen LogP contribution in [0.25, 0.3) is 17.3 Å². The third-order valence-corrected chi connectivity index (χ3v) is 7.66. The van der Waals surface area contributed by atoms with Crippen molar-refractivity contribution < 1.29 is 33.0 Å². The van der Waals surface area contributed by atoms with Gasteiger partial charge < -0.3 is 14.6 Å². The zero-order valence-corrected chi connectivity index (χ0v) is 23.3. The Morgan fingerprint density at radius 2 is 1.93 bits per heavy atom. The van der Waals surface area contributed by atoms with Crippen LogP contribution in [0.5, 0.6) is 5.75 Å². The number of hydrogen-bond acceptors (Lipinski definition) is 6. The molecule has 0 saturated heterocycles. The third kappa shape index (κ3) is 7.31. The SMILES string of the molecule is COc1c(CCCOCC2CCCC2)cccc1-c1csc(NC(=O)c2cc(F)c(C=C(C)C(=O)O)c(F)c2)n1. The van der Waals surface area contributed by atoms with Crippen molar-refractivity contribution in [2.45, 2.75) is 45.4 Å². The Balaban J connectivity index is 1.41. The molecule has 1 fully saturated rings. The Hall–Kier alpha value is -3.63. The van der Waals surface area contributed by atoms with E-state index in [1.54, 1.807) is 12.5 Å². The van der Waals surface area contributed by atoms with E-state index in [9.17, 15) is 18.4 Å². The van der Waals surface area contributed by atoms with E-state index in [2.05, 4.69) is 10.3 Å². The summed E-state index contributed by atoms with van der Waals surface area (Å²) in [6.45, 7) is 2.74. The van der Waals surface area contributed by atoms with Crippen molar-refractivity contribution in [2.75, 3.05) is 25.6 Å². The van der Waals surface area contributed by atoms with E-state index in [1.807, 2.05) is 18.2 Å². The predicted molar refractivity (Wildman–Crippen MR) is 151 cm³/mol. The first kappa shape index (κ1) is 29.4. The Kier molecular flexibility index (Phi) is 10.0. The average molecular weight is 571 g/mol. The Morgan fingerprint density at radius 1 is 1.20 bits per heavy atom. The maximum absolute atomic E-state index is 14.5. The monoisotopic (exact) mass is 570 g/mol. The lowest BCUT2D eigenvalue weighted by atomic mass is 10.0. The molecule has 4 rings (SSSR count). The molecule has 0 bridgehead atoms. The molecule has 0 aliphatic heterocycles. The van der Waals surface area contributed by atoms with E-state index >= 15 is 0 Å². The van der Waals surface area contributed by atoms with Crippen LogP contribution < -0.4 is 10.1 Å². The lowest BCUT2D eigenvalue weighted by molar-refractivity contribution is -0.132. The van der Waals surface area contributed by atoms with Gasteiger partial charge in [0.05, 0.1) is 12.8 Å². The predicted octanol–water partition coefficient (Wildman–Crippen LogP) is 6.98. The molecule has 1 aliphatic carbocycles. The number of halogens is 2. The molecule has 1 amide bonds. The van der Waals surface area contributed by atoms with Crippen molar-refractivity contribution in [3.05, 3.63) is 69.6 Å². The molecule has 10 heteroatoms. The van der Waals surface area contributed by atoms with Gasteiger partial charge in [0.1, 0.15) is 17.4 Å². The average Bonchev–Trinajstić information content (AvgIpc) is 3.62. The minimum Gasteiger partial charge on any atom is -0.496 e. The molecule has 7 nitrogen and oxygen atoms in total. The lowest BCUT2D eigenvalue weighted by Crippen LogP contribution is -2.13. The van der Waals surface area contributed by atoms with Gasteiger partial charge >= 0.3 is 5.97 Å². The highest BCUT2D eigenvalue weighted by atomic mass is 32.1. The second-order valence-corrected chi connectivity index (χ2v) is 10.7. The Labute approximate surface area is 235 Å². The molecule has 3 aromatic rings. The van der Waals surface area contributed by atoms with Crippen LogP contribution in [0.4, 0.5) is 13.9 Å². The van der Waals surface area contributed by atoms with Crippen LogP contribution in [-0.4, -0.2) is 42.3 Å². The number of para-hydroxylation sites is 1. The molecular weight excluding hydrogens is 538 g/mol. The summed E-state index contributed by atoms with van der Waals surface area (Å²) in [4.78, 5) is 28.2. The highest BCUT2D eigenvalue weighted by Crippen LogP contribution is 2.35. The molecule has 1 aliphatic rings. The summed E-state index contributed by atoms with van der Waals surface area (Å²) in [5.74, 6) is -2.74. The van der Waals surface area contributed by atoms with Gasteiger partial charge in [-0.2, -0.15) is 0 Å². The van der Waals surface area contributed by atoms with Crippen LogP contribution in [0, 0.1) is 17.6 Å². The number of carboxylic acid groups (broad SMARTS) is 1. The van der Waals surface area contributed by atoms with Crippen LogP contribution in [0.3, 0.4) is 0 Å². The van der Waals surface area contributed by atoms with Gasteiger partial charge in [-0.15, -0.1) is 11.3 Å². The molecule has 1 saturated carbocycles. The zero-order chi connectivity index (χ0) is 28.6. The number of nitrogens with zero attached hydrogens (tertiary/aromatic N) is 1. The molecule has 1 heterocycles. The van der Waals surface area contributed by atoms with Gasteiger partial charge in [0.2, 0.25) is 0 Å². The summed E-state index contributed by atoms with van der Waals surface area (Å²) in [5, 5.41) is 13.6. The van der Waals surface area contributed by atoms with Gasteiger partial charge in [0.15, 0.2) is 5.13 Å². The number of hydrogen-bond donors (Lipinski definition) is 2. The van der Waals surface area contributed by atoms with E-state index in [1.165, 1.54) is 43.9 Å². The van der Waals surface area contributed by atoms with Crippen molar-refractivity contribution in [2.24, 2.45) is 5.92 Å². The van der Waals surface area contributed by atoms with Gasteiger partial charge in [-0.05, 0) is 68.4 Å². The summed E-state index contributed by atoms with van der Waals surface area (Å²) in [7, 11) is 1.61. The van der Waals surface area contributed by atoms with Crippen molar-refractivity contribution >= 4 is 34.4 Å². The summed E-state index contributed by atoms with van der Waals surface area (Å²) < 4.78 is 40.6. The maximum Gasteiger partial charge on any atom is 0.331 e. The van der Waals surface area contributed by atoms with Crippen molar-refractivity contribution in [1.29, 1.82) is 0 Å². The fourth-order valence-corrected chi connectivity index (χ4v) is 5.48. The topological polar surface area (TPSA) is 97.8 Å². The number of aromatic nitrogens is 1. The molecular formula is C30H32F2N2O5S.